The molecule has 1 saturated carbocycles. The van der Waals surface area contributed by atoms with Gasteiger partial charge in [-0.2, -0.15) is 0 Å². The zero-order valence-corrected chi connectivity index (χ0v) is 38.3. The molecule has 4 aromatic rings. The van der Waals surface area contributed by atoms with Crippen molar-refractivity contribution in [2.24, 2.45) is 11.8 Å². The molecule has 4 aliphatic rings. The maximum absolute atomic E-state index is 3.29. The van der Waals surface area contributed by atoms with E-state index in [1.807, 2.05) is 11.1 Å². The Labute approximate surface area is 338 Å². The van der Waals surface area contributed by atoms with Crippen molar-refractivity contribution < 1.29 is 20.0 Å². The number of aryl methyl sites for hydroxylation is 2. The molecular formula is C50H62Cl2Hf. The van der Waals surface area contributed by atoms with E-state index in [9.17, 15) is 0 Å². The maximum Gasteiger partial charge on any atom is -0.147 e. The Morgan fingerprint density at radius 3 is 1.30 bits per heavy atom. The van der Waals surface area contributed by atoms with Gasteiger partial charge in [0.2, 0.25) is 0 Å². The zero-order valence-electron chi connectivity index (χ0n) is 33.1. The standard InChI is InChI=1S/2C22H25.C6H10.2ClH.Hf/c2*1-4-6-17-9-11-19(12-10-17)21-8-5-7-20-14-18(13-16(2)3)15-22(20)21;1-2-4-6-5-3-1;;;/h2*5,7-12,14-16H,4,6,13H2,1-3H3;1-2H,3-6H2;2*1H;. The number of hydrogen-bond donors (Lipinski definition) is 0. The number of rotatable bonds is 12. The normalized spacial score (nSPS) is 23.8. The van der Waals surface area contributed by atoms with Crippen LogP contribution in [0.3, 0.4) is 0 Å². The molecule has 280 valence electrons. The molecule has 0 N–H and O–H groups in total. The van der Waals surface area contributed by atoms with Crippen LogP contribution >= 0.6 is 24.8 Å². The molecule has 4 unspecified atom stereocenters. The first-order valence-electron chi connectivity index (χ1n) is 20.7. The van der Waals surface area contributed by atoms with Crippen LogP contribution < -0.4 is 0 Å². The van der Waals surface area contributed by atoms with Crippen LogP contribution in [-0.4, -0.2) is 0 Å². The third kappa shape index (κ3) is 7.31. The summed E-state index contributed by atoms with van der Waals surface area (Å²) in [4.78, 5) is 0. The molecular weight excluding hydrogens is 850 g/mol. The average Bonchev–Trinajstić information content (AvgIpc) is 3.40. The Balaban J connectivity index is 0.00000240. The average molecular weight is 912 g/mol. The molecule has 0 aromatic heterocycles. The second kappa shape index (κ2) is 16.9. The van der Waals surface area contributed by atoms with Gasteiger partial charge in [0.1, 0.15) is 0 Å². The van der Waals surface area contributed by atoms with Crippen molar-refractivity contribution in [2.45, 2.75) is 120 Å². The number of benzene rings is 4. The molecule has 0 spiro atoms. The van der Waals surface area contributed by atoms with Crippen molar-refractivity contribution in [3.8, 4) is 22.3 Å². The van der Waals surface area contributed by atoms with Gasteiger partial charge in [0.25, 0.3) is 0 Å². The van der Waals surface area contributed by atoms with Crippen molar-refractivity contribution >= 4 is 37.0 Å². The van der Waals surface area contributed by atoms with Crippen LogP contribution in [0.15, 0.2) is 96.1 Å². The van der Waals surface area contributed by atoms with Gasteiger partial charge >= 0.3 is 316 Å². The maximum atomic E-state index is 2.75. The first-order chi connectivity index (χ1) is 24.8. The van der Waals surface area contributed by atoms with E-state index in [1.54, 1.807) is 22.3 Å². The second-order valence-electron chi connectivity index (χ2n) is 17.5. The first kappa shape index (κ1) is 40.5. The zero-order chi connectivity index (χ0) is 35.3. The first-order valence-corrected chi connectivity index (χ1v) is 29.0. The summed E-state index contributed by atoms with van der Waals surface area (Å²) in [7, 11) is 0. The van der Waals surface area contributed by atoms with Gasteiger partial charge in [0, 0.05) is 0 Å². The van der Waals surface area contributed by atoms with Crippen LogP contribution in [0.25, 0.3) is 34.4 Å². The van der Waals surface area contributed by atoms with Crippen molar-refractivity contribution in [1.82, 2.24) is 0 Å². The Morgan fingerprint density at radius 1 is 0.547 bits per heavy atom. The predicted octanol–water partition coefficient (Wildman–Crippen LogP) is 15.8. The summed E-state index contributed by atoms with van der Waals surface area (Å²) < 4.78 is 3.42. The van der Waals surface area contributed by atoms with E-state index in [1.165, 1.54) is 84.7 Å². The summed E-state index contributed by atoms with van der Waals surface area (Å²) in [6.45, 7) is 14.4. The Morgan fingerprint density at radius 2 is 0.943 bits per heavy atom. The van der Waals surface area contributed by atoms with Crippen LogP contribution in [0.1, 0.15) is 134 Å². The largest absolute Gasteiger partial charge is 0.147 e. The van der Waals surface area contributed by atoms with Gasteiger partial charge in [-0.3, -0.25) is 0 Å². The smallest absolute Gasteiger partial charge is 0.147 e. The van der Waals surface area contributed by atoms with Crippen LogP contribution in [0, 0.1) is 11.8 Å². The monoisotopic (exact) mass is 912 g/mol. The van der Waals surface area contributed by atoms with E-state index in [-0.39, 0.29) is 24.8 Å². The van der Waals surface area contributed by atoms with Crippen molar-refractivity contribution in [3.63, 3.8) is 0 Å². The summed E-state index contributed by atoms with van der Waals surface area (Å²) in [5, 5.41) is 0. The van der Waals surface area contributed by atoms with Crippen LogP contribution in [-0.2, 0) is 32.8 Å². The molecule has 8 rings (SSSR count). The SMILES string of the molecule is CCCc1ccc(-c2cccc3c2C=C(CC(C)C)[CH]3[Hf]2([CH]3C(CC(C)C)=Cc4c(-c5ccc(CCC)cc5)cccc43)[CH]3CCCC[CH]32)cc1.Cl.Cl. The topological polar surface area (TPSA) is 0 Å². The van der Waals surface area contributed by atoms with Gasteiger partial charge in [-0.15, -0.1) is 24.8 Å². The Bertz CT molecular complexity index is 1800. The van der Waals surface area contributed by atoms with Crippen molar-refractivity contribution in [1.29, 1.82) is 0 Å². The Hall–Kier alpha value is -2.19. The van der Waals surface area contributed by atoms with Gasteiger partial charge in [-0.1, -0.05) is 0 Å². The Kier molecular flexibility index (Phi) is 12.9. The minimum absolute atomic E-state index is 0. The molecule has 2 fully saturated rings. The molecule has 4 aromatic carbocycles. The molecule has 1 heterocycles. The number of fused-ring (bicyclic) bond motifs is 3. The molecule has 3 heteroatoms. The quantitative estimate of drug-likeness (QED) is 0.124. The van der Waals surface area contributed by atoms with E-state index in [0.29, 0.717) is 19.2 Å². The van der Waals surface area contributed by atoms with E-state index >= 15 is 0 Å². The summed E-state index contributed by atoms with van der Waals surface area (Å²) in [6.07, 6.45) is 18.6. The van der Waals surface area contributed by atoms with E-state index in [2.05, 4.69) is 139 Å². The molecule has 0 bridgehead atoms. The summed E-state index contributed by atoms with van der Waals surface area (Å²) in [5.74, 6) is 1.33. The van der Waals surface area contributed by atoms with Gasteiger partial charge in [-0.05, 0) is 0 Å². The van der Waals surface area contributed by atoms with Crippen LogP contribution in [0.5, 0.6) is 0 Å². The number of allylic oxidation sites excluding steroid dienone is 2. The number of halogens is 2. The molecule has 0 radical (unpaired) electrons. The summed E-state index contributed by atoms with van der Waals surface area (Å²) >= 11 is -3.29. The second-order valence-corrected chi connectivity index (χ2v) is 34.2. The number of hydrogen-bond acceptors (Lipinski definition) is 0. The molecule has 0 amide bonds. The van der Waals surface area contributed by atoms with E-state index in [4.69, 9.17) is 0 Å². The molecule has 0 nitrogen and oxygen atoms in total. The predicted molar refractivity (Wildman–Crippen MR) is 233 cm³/mol. The van der Waals surface area contributed by atoms with Gasteiger partial charge < -0.3 is 0 Å². The molecule has 1 aliphatic heterocycles. The molecule has 53 heavy (non-hydrogen) atoms. The fraction of sp³-hybridized carbons (Fsp3) is 0.440. The molecule has 4 atom stereocenters. The third-order valence-corrected chi connectivity index (χ3v) is 38.0. The summed E-state index contributed by atoms with van der Waals surface area (Å²) in [5.41, 5.74) is 18.8. The molecule has 3 aliphatic carbocycles. The fourth-order valence-corrected chi connectivity index (χ4v) is 46.7. The van der Waals surface area contributed by atoms with Gasteiger partial charge in [-0.25, -0.2) is 0 Å². The molecule has 1 saturated heterocycles. The van der Waals surface area contributed by atoms with Crippen LogP contribution in [0.4, 0.5) is 0 Å². The van der Waals surface area contributed by atoms with E-state index < -0.39 is 20.0 Å². The third-order valence-electron chi connectivity index (χ3n) is 13.1. The minimum atomic E-state index is -3.29. The van der Waals surface area contributed by atoms with Crippen molar-refractivity contribution in [3.05, 3.63) is 129 Å². The summed E-state index contributed by atoms with van der Waals surface area (Å²) in [6, 6.07) is 34.1. The van der Waals surface area contributed by atoms with Crippen molar-refractivity contribution in [2.75, 3.05) is 0 Å². The minimum Gasteiger partial charge on any atom is -0.147 e. The fourth-order valence-electron chi connectivity index (χ4n) is 11.4. The van der Waals surface area contributed by atoms with Gasteiger partial charge in [0.15, 0.2) is 0 Å². The van der Waals surface area contributed by atoms with E-state index in [0.717, 1.165) is 20.2 Å². The van der Waals surface area contributed by atoms with Gasteiger partial charge in [0.05, 0.1) is 0 Å². The van der Waals surface area contributed by atoms with Crippen LogP contribution in [0.2, 0.25) is 7.35 Å².